The lowest BCUT2D eigenvalue weighted by atomic mass is 9.86. The molecule has 1 saturated carbocycles. The van der Waals surface area contributed by atoms with Crippen LogP contribution in [-0.4, -0.2) is 16.7 Å². The van der Waals surface area contributed by atoms with Gasteiger partial charge in [0.1, 0.15) is 10.0 Å². The first-order chi connectivity index (χ1) is 9.29. The zero-order valence-corrected chi connectivity index (χ0v) is 13.1. The van der Waals surface area contributed by atoms with E-state index in [2.05, 4.69) is 29.4 Å². The van der Waals surface area contributed by atoms with Crippen molar-refractivity contribution in [3.8, 4) is 0 Å². The van der Waals surface area contributed by atoms with E-state index in [-0.39, 0.29) is 0 Å². The standard InChI is InChI=1S/C15H27N3S/c1-3-11-16-12(2)15-18-17-14(19-15)10-9-13-7-5-4-6-8-13/h12-13,16H,3-11H2,1-2H3. The molecule has 19 heavy (non-hydrogen) atoms. The quantitative estimate of drug-likeness (QED) is 0.817. The summed E-state index contributed by atoms with van der Waals surface area (Å²) in [5.74, 6) is 0.941. The Labute approximate surface area is 121 Å². The highest BCUT2D eigenvalue weighted by molar-refractivity contribution is 7.11. The van der Waals surface area contributed by atoms with Gasteiger partial charge in [-0.25, -0.2) is 0 Å². The number of hydrogen-bond acceptors (Lipinski definition) is 4. The summed E-state index contributed by atoms with van der Waals surface area (Å²) in [6.45, 7) is 5.43. The van der Waals surface area contributed by atoms with Crippen LogP contribution in [0.25, 0.3) is 0 Å². The van der Waals surface area contributed by atoms with E-state index < -0.39 is 0 Å². The zero-order chi connectivity index (χ0) is 13.5. The molecular formula is C15H27N3S. The lowest BCUT2D eigenvalue weighted by Crippen LogP contribution is -2.19. The average molecular weight is 281 g/mol. The predicted molar refractivity (Wildman–Crippen MR) is 81.5 cm³/mol. The molecule has 108 valence electrons. The monoisotopic (exact) mass is 281 g/mol. The van der Waals surface area contributed by atoms with Crippen molar-refractivity contribution in [2.45, 2.75) is 71.3 Å². The van der Waals surface area contributed by atoms with Crippen molar-refractivity contribution < 1.29 is 0 Å². The second-order valence-electron chi connectivity index (χ2n) is 5.75. The Morgan fingerprint density at radius 2 is 2.05 bits per heavy atom. The van der Waals surface area contributed by atoms with Crippen LogP contribution in [0.3, 0.4) is 0 Å². The van der Waals surface area contributed by atoms with E-state index in [9.17, 15) is 0 Å². The summed E-state index contributed by atoms with van der Waals surface area (Å²) >= 11 is 1.80. The fourth-order valence-electron chi connectivity index (χ4n) is 2.79. The van der Waals surface area contributed by atoms with Crippen LogP contribution in [0.1, 0.15) is 74.9 Å². The van der Waals surface area contributed by atoms with Crippen LogP contribution < -0.4 is 5.32 Å². The number of hydrogen-bond donors (Lipinski definition) is 1. The number of aryl methyl sites for hydroxylation is 1. The zero-order valence-electron chi connectivity index (χ0n) is 12.3. The third-order valence-electron chi connectivity index (χ3n) is 4.04. The number of aromatic nitrogens is 2. The lowest BCUT2D eigenvalue weighted by Gasteiger charge is -2.20. The molecule has 1 heterocycles. The van der Waals surface area contributed by atoms with E-state index in [1.807, 2.05) is 0 Å². The van der Waals surface area contributed by atoms with Crippen molar-refractivity contribution in [1.29, 1.82) is 0 Å². The van der Waals surface area contributed by atoms with Crippen molar-refractivity contribution in [3.63, 3.8) is 0 Å². The van der Waals surface area contributed by atoms with Gasteiger partial charge < -0.3 is 5.32 Å². The van der Waals surface area contributed by atoms with Gasteiger partial charge >= 0.3 is 0 Å². The minimum absolute atomic E-state index is 0.348. The highest BCUT2D eigenvalue weighted by Crippen LogP contribution is 2.28. The van der Waals surface area contributed by atoms with Crippen molar-refractivity contribution >= 4 is 11.3 Å². The Morgan fingerprint density at radius 3 is 2.79 bits per heavy atom. The predicted octanol–water partition coefficient (Wildman–Crippen LogP) is 4.11. The van der Waals surface area contributed by atoms with Gasteiger partial charge in [0, 0.05) is 6.42 Å². The number of nitrogens with one attached hydrogen (secondary N) is 1. The van der Waals surface area contributed by atoms with Gasteiger partial charge in [-0.15, -0.1) is 10.2 Å². The molecule has 0 aromatic carbocycles. The molecule has 1 aliphatic carbocycles. The number of nitrogens with zero attached hydrogens (tertiary/aromatic N) is 2. The molecule has 0 radical (unpaired) electrons. The Kier molecular flexibility index (Phi) is 6.24. The Balaban J connectivity index is 1.76. The van der Waals surface area contributed by atoms with Gasteiger partial charge in [-0.3, -0.25) is 0 Å². The van der Waals surface area contributed by atoms with E-state index in [0.717, 1.165) is 30.3 Å². The molecule has 0 spiro atoms. The maximum atomic E-state index is 4.36. The lowest BCUT2D eigenvalue weighted by molar-refractivity contribution is 0.339. The summed E-state index contributed by atoms with van der Waals surface area (Å²) in [5.41, 5.74) is 0. The first kappa shape index (κ1) is 14.9. The Morgan fingerprint density at radius 1 is 1.26 bits per heavy atom. The molecular weight excluding hydrogens is 254 g/mol. The molecule has 3 nitrogen and oxygen atoms in total. The molecule has 0 aliphatic heterocycles. The van der Waals surface area contributed by atoms with Crippen LogP contribution in [0.4, 0.5) is 0 Å². The highest BCUT2D eigenvalue weighted by Gasteiger charge is 2.15. The summed E-state index contributed by atoms with van der Waals surface area (Å²) in [6.07, 6.45) is 10.8. The minimum atomic E-state index is 0.348. The molecule has 1 aromatic rings. The molecule has 1 aromatic heterocycles. The van der Waals surface area contributed by atoms with Crippen LogP contribution in [-0.2, 0) is 6.42 Å². The normalized spacial score (nSPS) is 18.6. The second-order valence-corrected chi connectivity index (χ2v) is 6.85. The summed E-state index contributed by atoms with van der Waals surface area (Å²) < 4.78 is 0. The van der Waals surface area contributed by atoms with E-state index >= 15 is 0 Å². The molecule has 0 amide bonds. The van der Waals surface area contributed by atoms with Crippen molar-refractivity contribution in [3.05, 3.63) is 10.0 Å². The largest absolute Gasteiger partial charge is 0.308 e. The molecule has 0 saturated heterocycles. The number of rotatable bonds is 7. The van der Waals surface area contributed by atoms with Crippen LogP contribution in [0.2, 0.25) is 0 Å². The van der Waals surface area contributed by atoms with Gasteiger partial charge in [0.05, 0.1) is 6.04 Å². The van der Waals surface area contributed by atoms with Crippen LogP contribution >= 0.6 is 11.3 Å². The second kappa shape index (κ2) is 7.95. The third kappa shape index (κ3) is 4.84. The SMILES string of the molecule is CCCNC(C)c1nnc(CCC2CCCCC2)s1. The minimum Gasteiger partial charge on any atom is -0.308 e. The van der Waals surface area contributed by atoms with Gasteiger partial charge in [-0.1, -0.05) is 50.4 Å². The Hall–Kier alpha value is -0.480. The molecule has 1 fully saturated rings. The van der Waals surface area contributed by atoms with Crippen LogP contribution in [0, 0.1) is 5.92 Å². The third-order valence-corrected chi connectivity index (χ3v) is 5.21. The van der Waals surface area contributed by atoms with Crippen molar-refractivity contribution in [2.75, 3.05) is 6.54 Å². The maximum Gasteiger partial charge on any atom is 0.134 e. The van der Waals surface area contributed by atoms with E-state index in [4.69, 9.17) is 0 Å². The van der Waals surface area contributed by atoms with Crippen LogP contribution in [0.15, 0.2) is 0 Å². The molecule has 0 bridgehead atoms. The smallest absolute Gasteiger partial charge is 0.134 e. The summed E-state index contributed by atoms with van der Waals surface area (Å²) in [6, 6.07) is 0.348. The van der Waals surface area contributed by atoms with Gasteiger partial charge in [-0.05, 0) is 32.2 Å². The highest BCUT2D eigenvalue weighted by atomic mass is 32.1. The topological polar surface area (TPSA) is 37.8 Å². The summed E-state index contributed by atoms with van der Waals surface area (Å²) in [7, 11) is 0. The summed E-state index contributed by atoms with van der Waals surface area (Å²) in [4.78, 5) is 0. The van der Waals surface area contributed by atoms with Gasteiger partial charge in [0.25, 0.3) is 0 Å². The van der Waals surface area contributed by atoms with Crippen molar-refractivity contribution in [1.82, 2.24) is 15.5 Å². The first-order valence-electron chi connectivity index (χ1n) is 7.85. The molecule has 4 heteroatoms. The fraction of sp³-hybridized carbons (Fsp3) is 0.867. The summed E-state index contributed by atoms with van der Waals surface area (Å²) in [5, 5.41) is 14.5. The first-order valence-corrected chi connectivity index (χ1v) is 8.67. The molecule has 1 aliphatic rings. The van der Waals surface area contributed by atoms with E-state index in [1.165, 1.54) is 43.5 Å². The molecule has 1 unspecified atom stereocenters. The van der Waals surface area contributed by atoms with Crippen molar-refractivity contribution in [2.24, 2.45) is 5.92 Å². The van der Waals surface area contributed by atoms with Crippen LogP contribution in [0.5, 0.6) is 0 Å². The molecule has 1 atom stereocenters. The van der Waals surface area contributed by atoms with Gasteiger partial charge in [-0.2, -0.15) is 0 Å². The molecule has 1 N–H and O–H groups in total. The fourth-order valence-corrected chi connectivity index (χ4v) is 3.68. The Bertz CT molecular complexity index is 358. The van der Waals surface area contributed by atoms with E-state index in [0.29, 0.717) is 6.04 Å². The van der Waals surface area contributed by atoms with Gasteiger partial charge in [0.2, 0.25) is 0 Å². The molecule has 2 rings (SSSR count). The van der Waals surface area contributed by atoms with E-state index in [1.54, 1.807) is 11.3 Å². The van der Waals surface area contributed by atoms with Gasteiger partial charge in [0.15, 0.2) is 0 Å². The average Bonchev–Trinajstić information content (AvgIpc) is 2.92. The maximum absolute atomic E-state index is 4.36.